The van der Waals surface area contributed by atoms with Crippen molar-refractivity contribution in [3.8, 4) is 17.6 Å². The van der Waals surface area contributed by atoms with Gasteiger partial charge in [-0.1, -0.05) is 23.2 Å². The van der Waals surface area contributed by atoms with Gasteiger partial charge in [-0.15, -0.1) is 0 Å². The molecule has 0 aliphatic rings. The molecule has 3 N–H and O–H groups in total. The molecule has 0 unspecified atom stereocenters. The van der Waals surface area contributed by atoms with Crippen molar-refractivity contribution in [2.75, 3.05) is 17.7 Å². The first-order chi connectivity index (χ1) is 11.9. The van der Waals surface area contributed by atoms with Gasteiger partial charge in [-0.25, -0.2) is 0 Å². The highest BCUT2D eigenvalue weighted by Crippen LogP contribution is 2.28. The van der Waals surface area contributed by atoms with Crippen LogP contribution < -0.4 is 15.4 Å². The minimum Gasteiger partial charge on any atom is -0.506 e. The molecule has 8 heteroatoms. The van der Waals surface area contributed by atoms with Crippen LogP contribution in [0.4, 0.5) is 11.4 Å². The van der Waals surface area contributed by atoms with E-state index >= 15 is 0 Å². The highest BCUT2D eigenvalue weighted by Gasteiger charge is 2.11. The zero-order chi connectivity index (χ0) is 18.4. The summed E-state index contributed by atoms with van der Waals surface area (Å²) in [5.74, 6) is -0.244. The Morgan fingerprint density at radius 3 is 2.68 bits per heavy atom. The van der Waals surface area contributed by atoms with Crippen LogP contribution in [0, 0.1) is 11.3 Å². The number of hydrogen-bond donors (Lipinski definition) is 3. The Morgan fingerprint density at radius 1 is 1.28 bits per heavy atom. The van der Waals surface area contributed by atoms with Crippen molar-refractivity contribution in [3.05, 3.63) is 58.2 Å². The maximum atomic E-state index is 12.2. The van der Waals surface area contributed by atoms with Crippen LogP contribution in [0.1, 0.15) is 0 Å². The van der Waals surface area contributed by atoms with Crippen molar-refractivity contribution in [1.29, 1.82) is 5.26 Å². The number of hydrogen-bond acceptors (Lipinski definition) is 5. The monoisotopic (exact) mass is 377 g/mol. The van der Waals surface area contributed by atoms with Crippen LogP contribution in [0.25, 0.3) is 0 Å². The number of phenols is 1. The molecule has 0 saturated heterocycles. The molecule has 0 radical (unpaired) electrons. The number of carbonyl (C=O) groups excluding carboxylic acids is 1. The third-order valence-corrected chi connectivity index (χ3v) is 3.64. The van der Waals surface area contributed by atoms with Gasteiger partial charge in [0.25, 0.3) is 5.91 Å². The fourth-order valence-electron chi connectivity index (χ4n) is 1.86. The zero-order valence-corrected chi connectivity index (χ0v) is 14.5. The lowest BCUT2D eigenvalue weighted by Crippen LogP contribution is -2.14. The molecule has 0 atom stereocenters. The number of phenolic OH excluding ortho intramolecular Hbond substituents is 1. The molecular weight excluding hydrogens is 365 g/mol. The number of nitriles is 1. The smallest absolute Gasteiger partial charge is 0.267 e. The lowest BCUT2D eigenvalue weighted by Gasteiger charge is -2.08. The number of rotatable bonds is 5. The van der Waals surface area contributed by atoms with Gasteiger partial charge in [0.2, 0.25) is 0 Å². The number of ether oxygens (including phenoxy) is 1. The predicted molar refractivity (Wildman–Crippen MR) is 97.1 cm³/mol. The number of benzene rings is 2. The average Bonchev–Trinajstić information content (AvgIpc) is 2.58. The molecule has 0 spiro atoms. The number of amides is 1. The SMILES string of the molecule is COc1ccc(NC(=O)/C(C#N)=C\Nc2cc(Cl)ccc2O)cc1Cl. The Hall–Kier alpha value is -2.88. The second-order valence-corrected chi connectivity index (χ2v) is 5.62. The molecule has 1 amide bonds. The van der Waals surface area contributed by atoms with Gasteiger partial charge >= 0.3 is 0 Å². The van der Waals surface area contributed by atoms with Gasteiger partial charge in [0.1, 0.15) is 23.1 Å². The highest BCUT2D eigenvalue weighted by molar-refractivity contribution is 6.32. The summed E-state index contributed by atoms with van der Waals surface area (Å²) in [6.07, 6.45) is 1.17. The van der Waals surface area contributed by atoms with E-state index in [0.717, 1.165) is 0 Å². The normalized spacial score (nSPS) is 10.7. The molecule has 2 aromatic carbocycles. The molecule has 2 rings (SSSR count). The van der Waals surface area contributed by atoms with Crippen LogP contribution in [0.15, 0.2) is 48.2 Å². The first-order valence-electron chi connectivity index (χ1n) is 6.95. The van der Waals surface area contributed by atoms with Gasteiger partial charge in [-0.3, -0.25) is 4.79 Å². The van der Waals surface area contributed by atoms with E-state index in [1.807, 2.05) is 0 Å². The lowest BCUT2D eigenvalue weighted by molar-refractivity contribution is -0.112. The zero-order valence-electron chi connectivity index (χ0n) is 13.0. The number of methoxy groups -OCH3 is 1. The Balaban J connectivity index is 2.14. The third-order valence-electron chi connectivity index (χ3n) is 3.11. The predicted octanol–water partition coefficient (Wildman–Crippen LogP) is 4.17. The first kappa shape index (κ1) is 18.5. The number of aromatic hydroxyl groups is 1. The average molecular weight is 378 g/mol. The highest BCUT2D eigenvalue weighted by atomic mass is 35.5. The van der Waals surface area contributed by atoms with Crippen molar-refractivity contribution in [1.82, 2.24) is 0 Å². The number of anilines is 2. The van der Waals surface area contributed by atoms with E-state index in [1.165, 1.54) is 37.6 Å². The quantitative estimate of drug-likeness (QED) is 0.413. The van der Waals surface area contributed by atoms with Crippen LogP contribution in [-0.4, -0.2) is 18.1 Å². The van der Waals surface area contributed by atoms with Gasteiger partial charge in [-0.2, -0.15) is 5.26 Å². The summed E-state index contributed by atoms with van der Waals surface area (Å²) >= 11 is 11.8. The molecule has 128 valence electrons. The van der Waals surface area contributed by atoms with E-state index in [4.69, 9.17) is 33.2 Å². The summed E-state index contributed by atoms with van der Waals surface area (Å²) in [7, 11) is 1.48. The summed E-state index contributed by atoms with van der Waals surface area (Å²) in [6, 6.07) is 10.8. The maximum absolute atomic E-state index is 12.2. The summed E-state index contributed by atoms with van der Waals surface area (Å²) < 4.78 is 5.03. The van der Waals surface area contributed by atoms with E-state index in [1.54, 1.807) is 18.2 Å². The molecule has 0 fully saturated rings. The molecule has 0 aliphatic carbocycles. The summed E-state index contributed by atoms with van der Waals surface area (Å²) in [5, 5.41) is 24.8. The Labute approximate surface area is 154 Å². The molecule has 0 bridgehead atoms. The first-order valence-corrected chi connectivity index (χ1v) is 7.70. The number of nitrogens with one attached hydrogen (secondary N) is 2. The topological polar surface area (TPSA) is 94.4 Å². The molecule has 0 aliphatic heterocycles. The largest absolute Gasteiger partial charge is 0.506 e. The van der Waals surface area contributed by atoms with E-state index in [9.17, 15) is 9.90 Å². The van der Waals surface area contributed by atoms with Crippen molar-refractivity contribution in [2.24, 2.45) is 0 Å². The van der Waals surface area contributed by atoms with Crippen LogP contribution in [-0.2, 0) is 4.79 Å². The molecular formula is C17H13Cl2N3O3. The molecule has 0 heterocycles. The maximum Gasteiger partial charge on any atom is 0.267 e. The van der Waals surface area contributed by atoms with Crippen LogP contribution in [0.5, 0.6) is 11.5 Å². The van der Waals surface area contributed by atoms with Gasteiger partial charge in [0.05, 0.1) is 17.8 Å². The van der Waals surface area contributed by atoms with E-state index in [2.05, 4.69) is 10.6 Å². The van der Waals surface area contributed by atoms with E-state index in [-0.39, 0.29) is 17.0 Å². The summed E-state index contributed by atoms with van der Waals surface area (Å²) in [4.78, 5) is 12.2. The van der Waals surface area contributed by atoms with Crippen molar-refractivity contribution >= 4 is 40.5 Å². The van der Waals surface area contributed by atoms with Gasteiger partial charge < -0.3 is 20.5 Å². The van der Waals surface area contributed by atoms with E-state index < -0.39 is 5.91 Å². The van der Waals surface area contributed by atoms with Crippen LogP contribution in [0.2, 0.25) is 10.0 Å². The van der Waals surface area contributed by atoms with Gasteiger partial charge in [0, 0.05) is 16.9 Å². The van der Waals surface area contributed by atoms with Crippen molar-refractivity contribution in [3.63, 3.8) is 0 Å². The Morgan fingerprint density at radius 2 is 2.04 bits per heavy atom. The number of halogens is 2. The van der Waals surface area contributed by atoms with Crippen molar-refractivity contribution < 1.29 is 14.6 Å². The minimum absolute atomic E-state index is 0.0692. The fraction of sp³-hybridized carbons (Fsp3) is 0.0588. The number of nitrogens with zero attached hydrogens (tertiary/aromatic N) is 1. The number of carbonyl (C=O) groups is 1. The summed E-state index contributed by atoms with van der Waals surface area (Å²) in [6.45, 7) is 0. The fourth-order valence-corrected chi connectivity index (χ4v) is 2.29. The molecule has 0 aromatic heterocycles. The van der Waals surface area contributed by atoms with Crippen LogP contribution in [0.3, 0.4) is 0 Å². The van der Waals surface area contributed by atoms with Gasteiger partial charge in [-0.05, 0) is 36.4 Å². The van der Waals surface area contributed by atoms with Crippen molar-refractivity contribution in [2.45, 2.75) is 0 Å². The molecule has 2 aromatic rings. The Kier molecular flexibility index (Phi) is 6.12. The molecule has 6 nitrogen and oxygen atoms in total. The van der Waals surface area contributed by atoms with E-state index in [0.29, 0.717) is 21.5 Å². The third kappa shape index (κ3) is 4.80. The van der Waals surface area contributed by atoms with Crippen LogP contribution >= 0.6 is 23.2 Å². The molecule has 0 saturated carbocycles. The molecule has 25 heavy (non-hydrogen) atoms. The second kappa shape index (κ2) is 8.29. The van der Waals surface area contributed by atoms with Gasteiger partial charge in [0.15, 0.2) is 0 Å². The second-order valence-electron chi connectivity index (χ2n) is 4.78. The minimum atomic E-state index is -0.641. The summed E-state index contributed by atoms with van der Waals surface area (Å²) in [5.41, 5.74) is 0.467. The lowest BCUT2D eigenvalue weighted by atomic mass is 10.2. The standard InChI is InChI=1S/C17H13Cl2N3O3/c1-25-16-5-3-12(7-13(16)19)22-17(24)10(8-20)9-21-14-6-11(18)2-4-15(14)23/h2-7,9,21,23H,1H3,(H,22,24)/b10-9-. The Bertz CT molecular complexity index is 876.